The predicted octanol–water partition coefficient (Wildman–Crippen LogP) is 1.55. The summed E-state index contributed by atoms with van der Waals surface area (Å²) in [5.74, 6) is -1.46. The molecule has 1 N–H and O–H groups in total. The van der Waals surface area contributed by atoms with Crippen molar-refractivity contribution in [1.29, 1.82) is 0 Å². The number of amides is 4. The quantitative estimate of drug-likeness (QED) is 0.850. The summed E-state index contributed by atoms with van der Waals surface area (Å²) < 4.78 is 5.03. The maximum absolute atomic E-state index is 12.4. The molecule has 1 aliphatic heterocycles. The molecule has 1 aliphatic rings. The Hall–Kier alpha value is -2.37. The van der Waals surface area contributed by atoms with Gasteiger partial charge in [0.05, 0.1) is 12.8 Å². The molecule has 1 aromatic carbocycles. The molecule has 1 fully saturated rings. The number of imide groups is 2. The minimum absolute atomic E-state index is 0.184. The van der Waals surface area contributed by atoms with Gasteiger partial charge in [0.25, 0.3) is 0 Å². The number of anilines is 1. The first kappa shape index (κ1) is 14.0. The van der Waals surface area contributed by atoms with Crippen LogP contribution in [0.2, 0.25) is 0 Å². The fourth-order valence-electron chi connectivity index (χ4n) is 2.15. The Kier molecular flexibility index (Phi) is 3.74. The van der Waals surface area contributed by atoms with Gasteiger partial charge in [-0.15, -0.1) is 0 Å². The fraction of sp³-hybridized carbons (Fsp3) is 0.357. The van der Waals surface area contributed by atoms with Crippen LogP contribution in [-0.2, 0) is 9.59 Å². The summed E-state index contributed by atoms with van der Waals surface area (Å²) in [4.78, 5) is 37.0. The van der Waals surface area contributed by atoms with Gasteiger partial charge in [-0.1, -0.05) is 13.8 Å². The maximum atomic E-state index is 12.4. The Bertz CT molecular complexity index is 551. The van der Waals surface area contributed by atoms with Crippen LogP contribution < -0.4 is 15.0 Å². The van der Waals surface area contributed by atoms with E-state index in [0.717, 1.165) is 4.90 Å². The molecule has 1 aromatic rings. The molecular formula is C14H16N2O4. The van der Waals surface area contributed by atoms with Crippen LogP contribution >= 0.6 is 0 Å². The normalized spacial score (nSPS) is 19.3. The number of carbonyl (C=O) groups is 3. The summed E-state index contributed by atoms with van der Waals surface area (Å²) in [5.41, 5.74) is 0.409. The van der Waals surface area contributed by atoms with Crippen molar-refractivity contribution in [3.8, 4) is 5.75 Å². The van der Waals surface area contributed by atoms with Crippen LogP contribution in [0.3, 0.4) is 0 Å². The molecule has 0 saturated carbocycles. The van der Waals surface area contributed by atoms with Crippen molar-refractivity contribution in [2.24, 2.45) is 11.8 Å². The number of methoxy groups -OCH3 is 1. The van der Waals surface area contributed by atoms with Gasteiger partial charge in [-0.05, 0) is 30.2 Å². The van der Waals surface area contributed by atoms with Crippen molar-refractivity contribution < 1.29 is 19.1 Å². The molecular weight excluding hydrogens is 260 g/mol. The molecule has 6 heteroatoms. The lowest BCUT2D eigenvalue weighted by atomic mass is 9.92. The second-order valence-corrected chi connectivity index (χ2v) is 4.89. The van der Waals surface area contributed by atoms with Crippen molar-refractivity contribution in [2.75, 3.05) is 12.0 Å². The Balaban J connectivity index is 2.35. The average Bonchev–Trinajstić information content (AvgIpc) is 2.38. The number of urea groups is 1. The maximum Gasteiger partial charge on any atom is 0.335 e. The fourth-order valence-corrected chi connectivity index (χ4v) is 2.15. The van der Waals surface area contributed by atoms with Crippen LogP contribution in [0.15, 0.2) is 24.3 Å². The van der Waals surface area contributed by atoms with Crippen LogP contribution in [0.1, 0.15) is 13.8 Å². The van der Waals surface area contributed by atoms with Crippen LogP contribution in [0.4, 0.5) is 10.5 Å². The third-order valence-electron chi connectivity index (χ3n) is 3.20. The van der Waals surface area contributed by atoms with E-state index in [4.69, 9.17) is 4.74 Å². The van der Waals surface area contributed by atoms with Gasteiger partial charge in [-0.3, -0.25) is 14.9 Å². The molecule has 0 bridgehead atoms. The Labute approximate surface area is 116 Å². The third kappa shape index (κ3) is 2.36. The van der Waals surface area contributed by atoms with Crippen LogP contribution in [0.5, 0.6) is 5.75 Å². The molecule has 1 saturated heterocycles. The monoisotopic (exact) mass is 276 g/mol. The van der Waals surface area contributed by atoms with E-state index in [1.54, 1.807) is 38.1 Å². The molecule has 4 amide bonds. The molecule has 0 spiro atoms. The minimum atomic E-state index is -0.852. The number of nitrogens with one attached hydrogen (secondary N) is 1. The topological polar surface area (TPSA) is 75.7 Å². The van der Waals surface area contributed by atoms with Crippen molar-refractivity contribution in [1.82, 2.24) is 5.32 Å². The molecule has 6 nitrogen and oxygen atoms in total. The molecule has 0 aromatic heterocycles. The van der Waals surface area contributed by atoms with Gasteiger partial charge >= 0.3 is 6.03 Å². The molecule has 1 heterocycles. The predicted molar refractivity (Wildman–Crippen MR) is 72.3 cm³/mol. The van der Waals surface area contributed by atoms with Crippen molar-refractivity contribution >= 4 is 23.5 Å². The Morgan fingerprint density at radius 3 is 2.25 bits per heavy atom. The van der Waals surface area contributed by atoms with E-state index >= 15 is 0 Å². The Morgan fingerprint density at radius 2 is 1.75 bits per heavy atom. The van der Waals surface area contributed by atoms with Gasteiger partial charge in [0, 0.05) is 0 Å². The minimum Gasteiger partial charge on any atom is -0.497 e. The van der Waals surface area contributed by atoms with Gasteiger partial charge in [-0.2, -0.15) is 0 Å². The number of rotatable bonds is 3. The highest BCUT2D eigenvalue weighted by molar-refractivity contribution is 6.27. The number of hydrogen-bond donors (Lipinski definition) is 1. The lowest BCUT2D eigenvalue weighted by molar-refractivity contribution is -0.136. The SMILES string of the molecule is COc1ccc(N2C(=O)NC(=O)C(C(C)C)C2=O)cc1. The molecule has 1 atom stereocenters. The molecule has 0 radical (unpaired) electrons. The highest BCUT2D eigenvalue weighted by atomic mass is 16.5. The zero-order valence-corrected chi connectivity index (χ0v) is 11.5. The van der Waals surface area contributed by atoms with Crippen LogP contribution in [0, 0.1) is 11.8 Å². The summed E-state index contributed by atoms with van der Waals surface area (Å²) in [7, 11) is 1.53. The van der Waals surface area contributed by atoms with Crippen molar-refractivity contribution in [3.05, 3.63) is 24.3 Å². The first-order valence-electron chi connectivity index (χ1n) is 6.28. The van der Waals surface area contributed by atoms with E-state index in [-0.39, 0.29) is 5.92 Å². The highest BCUT2D eigenvalue weighted by Crippen LogP contribution is 2.26. The van der Waals surface area contributed by atoms with E-state index in [9.17, 15) is 14.4 Å². The second-order valence-electron chi connectivity index (χ2n) is 4.89. The van der Waals surface area contributed by atoms with Crippen molar-refractivity contribution in [2.45, 2.75) is 13.8 Å². The van der Waals surface area contributed by atoms with Gasteiger partial charge in [-0.25, -0.2) is 9.69 Å². The molecule has 0 aliphatic carbocycles. The number of ether oxygens (including phenoxy) is 1. The molecule has 1 unspecified atom stereocenters. The first-order valence-corrected chi connectivity index (χ1v) is 6.28. The number of benzene rings is 1. The number of carbonyl (C=O) groups excluding carboxylic acids is 3. The van der Waals surface area contributed by atoms with E-state index in [0.29, 0.717) is 11.4 Å². The van der Waals surface area contributed by atoms with Gasteiger partial charge < -0.3 is 4.74 Å². The lowest BCUT2D eigenvalue weighted by Crippen LogP contribution is -2.59. The average molecular weight is 276 g/mol. The summed E-state index contributed by atoms with van der Waals surface area (Å²) in [6.45, 7) is 3.54. The smallest absolute Gasteiger partial charge is 0.335 e. The van der Waals surface area contributed by atoms with Gasteiger partial charge in [0.15, 0.2) is 0 Å². The van der Waals surface area contributed by atoms with E-state index in [1.165, 1.54) is 7.11 Å². The number of nitrogens with zero attached hydrogens (tertiary/aromatic N) is 1. The van der Waals surface area contributed by atoms with Crippen molar-refractivity contribution in [3.63, 3.8) is 0 Å². The number of hydrogen-bond acceptors (Lipinski definition) is 4. The van der Waals surface area contributed by atoms with E-state index in [2.05, 4.69) is 5.32 Å². The van der Waals surface area contributed by atoms with E-state index in [1.807, 2.05) is 0 Å². The third-order valence-corrected chi connectivity index (χ3v) is 3.20. The zero-order valence-electron chi connectivity index (χ0n) is 11.5. The summed E-state index contributed by atoms with van der Waals surface area (Å²) in [6.07, 6.45) is 0. The first-order chi connectivity index (χ1) is 9.45. The Morgan fingerprint density at radius 1 is 1.15 bits per heavy atom. The molecule has 106 valence electrons. The van der Waals surface area contributed by atoms with Gasteiger partial charge in [0.2, 0.25) is 11.8 Å². The molecule has 20 heavy (non-hydrogen) atoms. The van der Waals surface area contributed by atoms with E-state index < -0.39 is 23.8 Å². The summed E-state index contributed by atoms with van der Waals surface area (Å²) in [6, 6.07) is 5.78. The second kappa shape index (κ2) is 5.32. The number of barbiturate groups is 1. The van der Waals surface area contributed by atoms with Crippen LogP contribution in [0.25, 0.3) is 0 Å². The zero-order chi connectivity index (χ0) is 14.9. The summed E-state index contributed by atoms with van der Waals surface area (Å²) >= 11 is 0. The highest BCUT2D eigenvalue weighted by Gasteiger charge is 2.42. The van der Waals surface area contributed by atoms with Crippen LogP contribution in [-0.4, -0.2) is 25.0 Å². The largest absolute Gasteiger partial charge is 0.497 e. The standard InChI is InChI=1S/C14H16N2O4/c1-8(2)11-12(17)15-14(19)16(13(11)18)9-4-6-10(20-3)7-5-9/h4-8,11H,1-3H3,(H,15,17,19). The lowest BCUT2D eigenvalue weighted by Gasteiger charge is -2.31. The molecule has 2 rings (SSSR count). The van der Waals surface area contributed by atoms with Gasteiger partial charge in [0.1, 0.15) is 11.7 Å². The summed E-state index contributed by atoms with van der Waals surface area (Å²) in [5, 5.41) is 2.21.